The molecule has 3 nitrogen and oxygen atoms in total. The number of rotatable bonds is 6. The summed E-state index contributed by atoms with van der Waals surface area (Å²) in [6, 6.07) is 52.7. The van der Waals surface area contributed by atoms with Gasteiger partial charge in [0.25, 0.3) is 0 Å². The first kappa shape index (κ1) is 39.7. The van der Waals surface area contributed by atoms with E-state index in [9.17, 15) is 13.2 Å². The fraction of sp³-hybridized carbons (Fsp3) is 0.164. The fourth-order valence-electron chi connectivity index (χ4n) is 8.16. The number of hydrogen-bond acceptors (Lipinski definition) is 2. The van der Waals surface area contributed by atoms with Gasteiger partial charge in [-0.25, -0.2) is 4.98 Å². The molecule has 61 heavy (non-hydrogen) atoms. The van der Waals surface area contributed by atoms with Gasteiger partial charge in [0, 0.05) is 33.7 Å². The van der Waals surface area contributed by atoms with Gasteiger partial charge in [0.2, 0.25) is 0 Å². The van der Waals surface area contributed by atoms with Crippen LogP contribution in [0.2, 0.25) is 0 Å². The van der Waals surface area contributed by atoms with Crippen LogP contribution in [-0.2, 0) is 17.0 Å². The van der Waals surface area contributed by atoms with Gasteiger partial charge in [0.05, 0.1) is 33.7 Å². The van der Waals surface area contributed by atoms with Gasteiger partial charge in [-0.2, -0.15) is 13.2 Å². The van der Waals surface area contributed by atoms with Crippen LogP contribution in [0.25, 0.3) is 89.0 Å². The zero-order valence-electron chi connectivity index (χ0n) is 35.1. The number of nitrogens with one attached hydrogen (secondary N) is 1. The third-order valence-electron chi connectivity index (χ3n) is 11.6. The van der Waals surface area contributed by atoms with Crippen LogP contribution in [0.15, 0.2) is 164 Å². The van der Waals surface area contributed by atoms with Gasteiger partial charge >= 0.3 is 6.18 Å². The molecule has 1 N–H and O–H groups in total. The lowest BCUT2D eigenvalue weighted by atomic mass is 9.83. The molecule has 0 aliphatic rings. The molecule has 0 atom stereocenters. The number of hydrogen-bond donors (Lipinski definition) is 1. The molecule has 0 saturated carbocycles. The van der Waals surface area contributed by atoms with Crippen molar-refractivity contribution in [3.8, 4) is 67.2 Å². The second kappa shape index (κ2) is 15.0. The Morgan fingerprint density at radius 3 is 1.43 bits per heavy atom. The van der Waals surface area contributed by atoms with Crippen LogP contribution in [0, 0.1) is 0 Å². The molecule has 0 radical (unpaired) electrons. The summed E-state index contributed by atoms with van der Waals surface area (Å²) in [5, 5.41) is 1.99. The maximum Gasteiger partial charge on any atom is 0.418 e. The Balaban J connectivity index is 1.34. The summed E-state index contributed by atoms with van der Waals surface area (Å²) in [6.45, 7) is 13.1. The first-order chi connectivity index (χ1) is 29.1. The normalized spacial score (nSPS) is 12.3. The minimum Gasteiger partial charge on any atom is -0.353 e. The van der Waals surface area contributed by atoms with Crippen molar-refractivity contribution >= 4 is 21.8 Å². The summed E-state index contributed by atoms with van der Waals surface area (Å²) in [6.07, 6.45) is -3.60. The van der Waals surface area contributed by atoms with Gasteiger partial charge < -0.3 is 4.98 Å². The molecule has 302 valence electrons. The van der Waals surface area contributed by atoms with Crippen LogP contribution < -0.4 is 0 Å². The monoisotopic (exact) mass is 805 g/mol. The number of benzene rings is 6. The highest BCUT2D eigenvalue weighted by Gasteiger charge is 2.35. The van der Waals surface area contributed by atoms with Crippen molar-refractivity contribution in [2.45, 2.75) is 58.5 Å². The standard InChI is InChI=1S/C55H46F3N3/c1-53(2,3)40-28-43-44-29-41(54(4,5)6)31-46(52(44)61-51(43)45(30-40)49-32-42(36-21-14-9-15-22-36)47(33-59-49)55(56,57)58)50-27-39(35-19-12-8-13-20-35)26-48(60-50)38-24-16-23-37(25-38)34-17-10-7-11-18-34/h7-33,61H,1-6H3. The Kier molecular flexibility index (Phi) is 9.78. The fourth-order valence-corrected chi connectivity index (χ4v) is 8.16. The Labute approximate surface area is 355 Å². The molecule has 0 bridgehead atoms. The second-order valence-corrected chi connectivity index (χ2v) is 17.9. The molecule has 0 unspecified atom stereocenters. The predicted molar refractivity (Wildman–Crippen MR) is 246 cm³/mol. The molecule has 0 aliphatic heterocycles. The number of aromatic nitrogens is 3. The van der Waals surface area contributed by atoms with E-state index in [0.717, 1.165) is 89.5 Å². The van der Waals surface area contributed by atoms with Gasteiger partial charge in [0.15, 0.2) is 0 Å². The molecular formula is C55H46F3N3. The van der Waals surface area contributed by atoms with Gasteiger partial charge in [0.1, 0.15) is 0 Å². The molecule has 0 aliphatic carbocycles. The van der Waals surface area contributed by atoms with E-state index in [4.69, 9.17) is 4.98 Å². The van der Waals surface area contributed by atoms with E-state index in [1.807, 2.05) is 36.4 Å². The SMILES string of the molecule is CC(C)(C)c1cc(-c2cc(-c3ccccc3)c(C(F)(F)F)cn2)c2[nH]c3c(-c4cc(-c5ccccc5)cc(-c5cccc(-c6ccccc6)c5)n4)cc(C(C)(C)C)cc3c2c1. The molecule has 0 amide bonds. The number of fused-ring (bicyclic) bond motifs is 3. The van der Waals surface area contributed by atoms with E-state index >= 15 is 0 Å². The van der Waals surface area contributed by atoms with Gasteiger partial charge in [-0.3, -0.25) is 4.98 Å². The van der Waals surface area contributed by atoms with Crippen molar-refractivity contribution in [2.75, 3.05) is 0 Å². The van der Waals surface area contributed by atoms with Crippen LogP contribution in [0.5, 0.6) is 0 Å². The van der Waals surface area contributed by atoms with E-state index in [2.05, 4.69) is 136 Å². The first-order valence-electron chi connectivity index (χ1n) is 20.6. The topological polar surface area (TPSA) is 41.6 Å². The van der Waals surface area contributed by atoms with E-state index in [0.29, 0.717) is 11.3 Å². The van der Waals surface area contributed by atoms with E-state index in [-0.39, 0.29) is 16.4 Å². The molecule has 9 aromatic rings. The highest BCUT2D eigenvalue weighted by atomic mass is 19.4. The summed E-state index contributed by atoms with van der Waals surface area (Å²) in [5.74, 6) is 0. The Morgan fingerprint density at radius 2 is 0.885 bits per heavy atom. The lowest BCUT2D eigenvalue weighted by molar-refractivity contribution is -0.137. The third-order valence-corrected chi connectivity index (χ3v) is 11.6. The Hall–Kier alpha value is -6.79. The van der Waals surface area contributed by atoms with Crippen LogP contribution in [0.4, 0.5) is 13.2 Å². The zero-order valence-corrected chi connectivity index (χ0v) is 35.1. The Bertz CT molecular complexity index is 3060. The molecule has 6 aromatic carbocycles. The number of H-pyrrole nitrogens is 1. The predicted octanol–water partition coefficient (Wildman–Crippen LogP) is 15.7. The smallest absolute Gasteiger partial charge is 0.353 e. The van der Waals surface area contributed by atoms with Crippen LogP contribution in [0.3, 0.4) is 0 Å². The summed E-state index contributed by atoms with van der Waals surface area (Å²) < 4.78 is 43.6. The number of aromatic amines is 1. The quantitative estimate of drug-likeness (QED) is 0.182. The average Bonchev–Trinajstić information content (AvgIpc) is 3.64. The molecule has 0 spiro atoms. The van der Waals surface area contributed by atoms with Crippen molar-refractivity contribution in [3.05, 3.63) is 181 Å². The maximum atomic E-state index is 14.5. The third kappa shape index (κ3) is 7.75. The van der Waals surface area contributed by atoms with Crippen LogP contribution in [-0.4, -0.2) is 15.0 Å². The van der Waals surface area contributed by atoms with Crippen molar-refractivity contribution < 1.29 is 13.2 Å². The molecule has 0 saturated heterocycles. The number of nitrogens with zero attached hydrogens (tertiary/aromatic N) is 2. The summed E-state index contributed by atoms with van der Waals surface area (Å²) in [5.41, 5.74) is 12.3. The number of halogens is 3. The Morgan fingerprint density at radius 1 is 0.410 bits per heavy atom. The van der Waals surface area contributed by atoms with Crippen molar-refractivity contribution in [2.24, 2.45) is 0 Å². The lowest BCUT2D eigenvalue weighted by Gasteiger charge is -2.22. The lowest BCUT2D eigenvalue weighted by Crippen LogP contribution is -2.12. The molecule has 0 fully saturated rings. The number of alkyl halides is 3. The molecule has 3 aromatic heterocycles. The maximum absolute atomic E-state index is 14.5. The minimum atomic E-state index is -4.58. The second-order valence-electron chi connectivity index (χ2n) is 17.9. The molecule has 6 heteroatoms. The van der Waals surface area contributed by atoms with Crippen molar-refractivity contribution in [1.82, 2.24) is 15.0 Å². The first-order valence-corrected chi connectivity index (χ1v) is 20.6. The van der Waals surface area contributed by atoms with E-state index < -0.39 is 11.7 Å². The minimum absolute atomic E-state index is 0.0880. The van der Waals surface area contributed by atoms with Gasteiger partial charge in [-0.15, -0.1) is 0 Å². The zero-order chi connectivity index (χ0) is 42.7. The van der Waals surface area contributed by atoms with Crippen LogP contribution in [0.1, 0.15) is 58.2 Å². The largest absolute Gasteiger partial charge is 0.418 e. The van der Waals surface area contributed by atoms with Crippen molar-refractivity contribution in [3.63, 3.8) is 0 Å². The summed E-state index contributed by atoms with van der Waals surface area (Å²) in [7, 11) is 0. The molecule has 3 heterocycles. The summed E-state index contributed by atoms with van der Waals surface area (Å²) in [4.78, 5) is 13.8. The highest BCUT2D eigenvalue weighted by molar-refractivity contribution is 6.16. The van der Waals surface area contributed by atoms with Gasteiger partial charge in [-0.05, 0) is 104 Å². The van der Waals surface area contributed by atoms with Crippen LogP contribution >= 0.6 is 0 Å². The molecule has 9 rings (SSSR count). The summed E-state index contributed by atoms with van der Waals surface area (Å²) >= 11 is 0. The van der Waals surface area contributed by atoms with Gasteiger partial charge in [-0.1, -0.05) is 151 Å². The van der Waals surface area contributed by atoms with E-state index in [1.54, 1.807) is 36.4 Å². The highest BCUT2D eigenvalue weighted by Crippen LogP contribution is 2.45. The number of pyridine rings is 2. The van der Waals surface area contributed by atoms with E-state index in [1.165, 1.54) is 0 Å². The molecular weight excluding hydrogens is 760 g/mol. The average molecular weight is 806 g/mol. The van der Waals surface area contributed by atoms with Crippen molar-refractivity contribution in [1.29, 1.82) is 0 Å².